The molecule has 3 rings (SSSR count). The van der Waals surface area contributed by atoms with Crippen molar-refractivity contribution in [3.05, 3.63) is 39.8 Å². The van der Waals surface area contributed by atoms with Crippen molar-refractivity contribution >= 4 is 5.91 Å². The maximum atomic E-state index is 12.2. The van der Waals surface area contributed by atoms with E-state index >= 15 is 0 Å². The van der Waals surface area contributed by atoms with E-state index in [1.54, 1.807) is 18.1 Å². The van der Waals surface area contributed by atoms with Crippen molar-refractivity contribution in [2.24, 2.45) is 7.05 Å². The molecule has 1 fully saturated rings. The maximum absolute atomic E-state index is 12.2. The molecule has 0 spiro atoms. The third-order valence-corrected chi connectivity index (χ3v) is 3.62. The molecular formula is C12H15N5O2. The third kappa shape index (κ3) is 1.78. The Labute approximate surface area is 109 Å². The molecular weight excluding hydrogens is 246 g/mol. The molecule has 0 aliphatic carbocycles. The second-order valence-corrected chi connectivity index (χ2v) is 4.89. The normalized spacial score (nSPS) is 15.6. The van der Waals surface area contributed by atoms with Crippen molar-refractivity contribution in [1.82, 2.24) is 24.6 Å². The largest absolute Gasteiger partial charge is 0.357 e. The van der Waals surface area contributed by atoms with Crippen LogP contribution in [0, 0.1) is 6.92 Å². The number of hydrogen-bond donors (Lipinski definition) is 2. The molecule has 0 unspecified atom stereocenters. The Morgan fingerprint density at radius 3 is 2.74 bits per heavy atom. The Morgan fingerprint density at radius 2 is 2.21 bits per heavy atom. The first-order valence-electron chi connectivity index (χ1n) is 6.12. The lowest BCUT2D eigenvalue weighted by atomic mass is 9.98. The molecule has 2 aromatic rings. The molecule has 2 N–H and O–H groups in total. The molecule has 1 saturated heterocycles. The number of aromatic nitrogens is 4. The van der Waals surface area contributed by atoms with Crippen LogP contribution < -0.4 is 5.69 Å². The van der Waals surface area contributed by atoms with Crippen LogP contribution in [0.3, 0.4) is 0 Å². The fourth-order valence-electron chi connectivity index (χ4n) is 2.37. The van der Waals surface area contributed by atoms with Crippen LogP contribution in [0.2, 0.25) is 0 Å². The Kier molecular flexibility index (Phi) is 2.55. The number of nitrogens with one attached hydrogen (secondary N) is 2. The lowest BCUT2D eigenvalue weighted by Gasteiger charge is -2.38. The molecule has 0 radical (unpaired) electrons. The summed E-state index contributed by atoms with van der Waals surface area (Å²) in [5.74, 6) is 0.833. The van der Waals surface area contributed by atoms with Gasteiger partial charge < -0.3 is 9.88 Å². The topological polar surface area (TPSA) is 86.8 Å². The molecule has 0 aromatic carbocycles. The van der Waals surface area contributed by atoms with Gasteiger partial charge in [-0.15, -0.1) is 0 Å². The Hall–Kier alpha value is -2.31. The van der Waals surface area contributed by atoms with E-state index in [1.165, 1.54) is 4.57 Å². The number of hydrogen-bond acceptors (Lipinski definition) is 3. The molecule has 0 atom stereocenters. The molecule has 7 heteroatoms. The van der Waals surface area contributed by atoms with Crippen LogP contribution in [-0.4, -0.2) is 43.6 Å². The average molecular weight is 261 g/mol. The van der Waals surface area contributed by atoms with E-state index in [4.69, 9.17) is 0 Å². The standard InChI is InChI=1S/C12H15N5O2/c1-7-3-4-13-9(7)11(18)17-5-8(6-17)10-14-15-12(19)16(10)2/h3-4,8,13H,5-6H2,1-2H3,(H,15,19). The summed E-state index contributed by atoms with van der Waals surface area (Å²) >= 11 is 0. The molecule has 2 aromatic heterocycles. The zero-order chi connectivity index (χ0) is 13.6. The molecule has 100 valence electrons. The van der Waals surface area contributed by atoms with Gasteiger partial charge in [-0.2, -0.15) is 5.10 Å². The second-order valence-electron chi connectivity index (χ2n) is 4.89. The number of H-pyrrole nitrogens is 2. The quantitative estimate of drug-likeness (QED) is 0.796. The van der Waals surface area contributed by atoms with Crippen molar-refractivity contribution in [1.29, 1.82) is 0 Å². The van der Waals surface area contributed by atoms with Gasteiger partial charge >= 0.3 is 5.69 Å². The first kappa shape index (κ1) is 11.8. The molecule has 0 saturated carbocycles. The van der Waals surface area contributed by atoms with Crippen LogP contribution in [0.1, 0.15) is 27.8 Å². The first-order chi connectivity index (χ1) is 9.08. The highest BCUT2D eigenvalue weighted by molar-refractivity contribution is 5.94. The number of nitrogens with zero attached hydrogens (tertiary/aromatic N) is 3. The number of amides is 1. The SMILES string of the molecule is Cc1cc[nH]c1C(=O)N1CC(c2n[nH]c(=O)n2C)C1. The minimum absolute atomic E-state index is 0.000661. The van der Waals surface area contributed by atoms with E-state index in [0.29, 0.717) is 24.6 Å². The summed E-state index contributed by atoms with van der Waals surface area (Å²) in [6, 6.07) is 1.88. The van der Waals surface area contributed by atoms with Gasteiger partial charge in [-0.3, -0.25) is 9.36 Å². The summed E-state index contributed by atoms with van der Waals surface area (Å²) in [6.45, 7) is 3.09. The highest BCUT2D eigenvalue weighted by Gasteiger charge is 2.35. The maximum Gasteiger partial charge on any atom is 0.343 e. The van der Waals surface area contributed by atoms with Gasteiger partial charge in [0.1, 0.15) is 11.5 Å². The second kappa shape index (κ2) is 4.11. The van der Waals surface area contributed by atoms with Crippen molar-refractivity contribution < 1.29 is 4.79 Å². The van der Waals surface area contributed by atoms with Crippen LogP contribution >= 0.6 is 0 Å². The number of likely N-dealkylation sites (tertiary alicyclic amines) is 1. The Bertz CT molecular complexity index is 674. The fraction of sp³-hybridized carbons (Fsp3) is 0.417. The number of rotatable bonds is 2. The Morgan fingerprint density at radius 1 is 1.47 bits per heavy atom. The van der Waals surface area contributed by atoms with Gasteiger partial charge in [-0.25, -0.2) is 9.89 Å². The van der Waals surface area contributed by atoms with Crippen LogP contribution in [0.15, 0.2) is 17.1 Å². The van der Waals surface area contributed by atoms with Crippen molar-refractivity contribution in [2.75, 3.05) is 13.1 Å². The van der Waals surface area contributed by atoms with Crippen LogP contribution in [0.5, 0.6) is 0 Å². The summed E-state index contributed by atoms with van der Waals surface area (Å²) in [6.07, 6.45) is 1.76. The molecule has 7 nitrogen and oxygen atoms in total. The Balaban J connectivity index is 1.71. The number of carbonyl (C=O) groups is 1. The summed E-state index contributed by atoms with van der Waals surface area (Å²) in [4.78, 5) is 28.2. The fourth-order valence-corrected chi connectivity index (χ4v) is 2.37. The lowest BCUT2D eigenvalue weighted by molar-refractivity contribution is 0.0585. The minimum Gasteiger partial charge on any atom is -0.357 e. The van der Waals surface area contributed by atoms with Crippen LogP contribution in [0.4, 0.5) is 0 Å². The first-order valence-corrected chi connectivity index (χ1v) is 6.12. The summed E-state index contributed by atoms with van der Waals surface area (Å²) in [5.41, 5.74) is 1.36. The summed E-state index contributed by atoms with van der Waals surface area (Å²) < 4.78 is 1.49. The predicted octanol–water partition coefficient (Wildman–Crippen LogP) is -0.0155. The monoisotopic (exact) mass is 261 g/mol. The van der Waals surface area contributed by atoms with Gasteiger partial charge in [0.2, 0.25) is 0 Å². The smallest absolute Gasteiger partial charge is 0.343 e. The van der Waals surface area contributed by atoms with E-state index in [-0.39, 0.29) is 17.5 Å². The van der Waals surface area contributed by atoms with E-state index in [0.717, 1.165) is 5.56 Å². The van der Waals surface area contributed by atoms with Crippen molar-refractivity contribution in [2.45, 2.75) is 12.8 Å². The zero-order valence-electron chi connectivity index (χ0n) is 10.8. The predicted molar refractivity (Wildman–Crippen MR) is 68.0 cm³/mol. The zero-order valence-corrected chi connectivity index (χ0v) is 10.8. The average Bonchev–Trinajstić information content (AvgIpc) is 2.87. The van der Waals surface area contributed by atoms with Gasteiger partial charge in [0, 0.05) is 26.3 Å². The van der Waals surface area contributed by atoms with E-state index in [9.17, 15) is 9.59 Å². The van der Waals surface area contributed by atoms with Crippen molar-refractivity contribution in [3.8, 4) is 0 Å². The van der Waals surface area contributed by atoms with E-state index < -0.39 is 0 Å². The summed E-state index contributed by atoms with van der Waals surface area (Å²) in [7, 11) is 1.68. The molecule has 1 aliphatic heterocycles. The van der Waals surface area contributed by atoms with Crippen molar-refractivity contribution in [3.63, 3.8) is 0 Å². The van der Waals surface area contributed by atoms with Gasteiger partial charge in [-0.05, 0) is 18.6 Å². The van der Waals surface area contributed by atoms with Crippen LogP contribution in [-0.2, 0) is 7.05 Å². The number of aryl methyl sites for hydroxylation is 1. The molecule has 19 heavy (non-hydrogen) atoms. The molecule has 0 bridgehead atoms. The van der Waals surface area contributed by atoms with E-state index in [1.807, 2.05) is 13.0 Å². The van der Waals surface area contributed by atoms with Gasteiger partial charge in [-0.1, -0.05) is 0 Å². The third-order valence-electron chi connectivity index (χ3n) is 3.62. The van der Waals surface area contributed by atoms with E-state index in [2.05, 4.69) is 15.2 Å². The lowest BCUT2D eigenvalue weighted by Crippen LogP contribution is -2.49. The highest BCUT2D eigenvalue weighted by atomic mass is 16.2. The molecule has 1 aliphatic rings. The van der Waals surface area contributed by atoms with Gasteiger partial charge in [0.25, 0.3) is 5.91 Å². The minimum atomic E-state index is -0.222. The van der Waals surface area contributed by atoms with Gasteiger partial charge in [0.05, 0.1) is 5.92 Å². The number of aromatic amines is 2. The molecule has 3 heterocycles. The highest BCUT2D eigenvalue weighted by Crippen LogP contribution is 2.26. The van der Waals surface area contributed by atoms with Crippen LogP contribution in [0.25, 0.3) is 0 Å². The molecule has 1 amide bonds. The van der Waals surface area contributed by atoms with Gasteiger partial charge in [0.15, 0.2) is 0 Å². The number of carbonyl (C=O) groups excluding carboxylic acids is 1. The summed E-state index contributed by atoms with van der Waals surface area (Å²) in [5, 5.41) is 6.41.